The second-order valence-electron chi connectivity index (χ2n) is 5.73. The predicted molar refractivity (Wildman–Crippen MR) is 77.5 cm³/mol. The monoisotopic (exact) mass is 274 g/mol. The van der Waals surface area contributed by atoms with Crippen molar-refractivity contribution < 1.29 is 9.53 Å². The van der Waals surface area contributed by atoms with Crippen LogP contribution in [0.4, 0.5) is 0 Å². The van der Waals surface area contributed by atoms with Crippen molar-refractivity contribution >= 4 is 5.91 Å². The van der Waals surface area contributed by atoms with Gasteiger partial charge in [0.25, 0.3) is 0 Å². The number of methoxy groups -OCH3 is 1. The molecule has 108 valence electrons. The number of fused-ring (bicyclic) bond motifs is 1. The number of nitrogens with one attached hydrogen (secondary N) is 1. The summed E-state index contributed by atoms with van der Waals surface area (Å²) >= 11 is 0. The van der Waals surface area contributed by atoms with E-state index >= 15 is 0 Å². The predicted octanol–water partition coefficient (Wildman–Crippen LogP) is 1.80. The molecule has 2 aliphatic heterocycles. The molecule has 2 heterocycles. The Morgan fingerprint density at radius 1 is 1.30 bits per heavy atom. The van der Waals surface area contributed by atoms with Gasteiger partial charge >= 0.3 is 0 Å². The molecule has 2 fully saturated rings. The number of piperidine rings is 2. The summed E-state index contributed by atoms with van der Waals surface area (Å²) < 4.78 is 5.18. The van der Waals surface area contributed by atoms with Crippen molar-refractivity contribution in [1.82, 2.24) is 10.2 Å². The smallest absolute Gasteiger partial charge is 0.223 e. The molecule has 0 saturated carbocycles. The van der Waals surface area contributed by atoms with Crippen LogP contribution in [0.5, 0.6) is 5.75 Å². The van der Waals surface area contributed by atoms with Crippen LogP contribution < -0.4 is 10.1 Å². The first-order valence-electron chi connectivity index (χ1n) is 7.41. The van der Waals surface area contributed by atoms with Gasteiger partial charge in [-0.3, -0.25) is 4.79 Å². The van der Waals surface area contributed by atoms with Gasteiger partial charge in [-0.1, -0.05) is 12.1 Å². The maximum Gasteiger partial charge on any atom is 0.223 e. The fourth-order valence-electron chi connectivity index (χ4n) is 3.38. The topological polar surface area (TPSA) is 41.6 Å². The molecule has 0 aromatic heterocycles. The van der Waals surface area contributed by atoms with Crippen LogP contribution in [0, 0.1) is 5.92 Å². The van der Waals surface area contributed by atoms with Crippen molar-refractivity contribution in [1.29, 1.82) is 0 Å². The van der Waals surface area contributed by atoms with Gasteiger partial charge in [-0.2, -0.15) is 0 Å². The number of rotatable bonds is 3. The Hall–Kier alpha value is -1.55. The van der Waals surface area contributed by atoms with Gasteiger partial charge in [0.05, 0.1) is 7.11 Å². The van der Waals surface area contributed by atoms with Gasteiger partial charge in [-0.05, 0) is 49.5 Å². The molecule has 4 nitrogen and oxygen atoms in total. The van der Waals surface area contributed by atoms with Crippen LogP contribution in [-0.4, -0.2) is 37.0 Å². The fraction of sp³-hybridized carbons (Fsp3) is 0.562. The van der Waals surface area contributed by atoms with E-state index in [1.54, 1.807) is 7.11 Å². The molecule has 2 atom stereocenters. The summed E-state index contributed by atoms with van der Waals surface area (Å²) in [7, 11) is 1.67. The Morgan fingerprint density at radius 2 is 2.10 bits per heavy atom. The first-order chi connectivity index (χ1) is 9.78. The van der Waals surface area contributed by atoms with Crippen molar-refractivity contribution in [3.05, 3.63) is 29.8 Å². The van der Waals surface area contributed by atoms with Gasteiger partial charge in [-0.25, -0.2) is 0 Å². The van der Waals surface area contributed by atoms with Gasteiger partial charge < -0.3 is 15.0 Å². The van der Waals surface area contributed by atoms with Gasteiger partial charge in [0.2, 0.25) is 5.91 Å². The lowest BCUT2D eigenvalue weighted by molar-refractivity contribution is -0.140. The third-order valence-corrected chi connectivity index (χ3v) is 4.53. The number of amides is 1. The first-order valence-corrected chi connectivity index (χ1v) is 7.41. The molecule has 0 radical (unpaired) electrons. The number of benzene rings is 1. The minimum atomic E-state index is 0.309. The zero-order valence-corrected chi connectivity index (χ0v) is 12.0. The second-order valence-corrected chi connectivity index (χ2v) is 5.73. The molecule has 4 heteroatoms. The average molecular weight is 274 g/mol. The highest BCUT2D eigenvalue weighted by molar-refractivity contribution is 5.77. The maximum atomic E-state index is 12.3. The minimum Gasteiger partial charge on any atom is -0.497 e. The molecule has 0 spiro atoms. The standard InChI is InChI=1S/C16H22N2O2/c1-20-14-5-2-12(3-6-14)11-18-15-8-9-17-10-13(15)4-7-16(18)19/h2-3,5-6,13,15,17H,4,7-11H2,1H3. The van der Waals surface area contributed by atoms with Crippen LogP contribution in [-0.2, 0) is 11.3 Å². The zero-order valence-electron chi connectivity index (χ0n) is 12.0. The molecule has 2 unspecified atom stereocenters. The lowest BCUT2D eigenvalue weighted by Crippen LogP contribution is -2.54. The molecule has 20 heavy (non-hydrogen) atoms. The molecule has 2 aliphatic rings. The van der Waals surface area contributed by atoms with E-state index in [1.165, 1.54) is 5.56 Å². The molecule has 0 bridgehead atoms. The third-order valence-electron chi connectivity index (χ3n) is 4.53. The highest BCUT2D eigenvalue weighted by Crippen LogP contribution is 2.30. The first kappa shape index (κ1) is 13.4. The van der Waals surface area contributed by atoms with Crippen LogP contribution in [0.25, 0.3) is 0 Å². The highest BCUT2D eigenvalue weighted by Gasteiger charge is 2.36. The molecule has 3 rings (SSSR count). The lowest BCUT2D eigenvalue weighted by atomic mass is 9.84. The Bertz CT molecular complexity index is 472. The van der Waals surface area contributed by atoms with E-state index in [2.05, 4.69) is 22.3 Å². The largest absolute Gasteiger partial charge is 0.497 e. The molecule has 1 amide bonds. The Kier molecular flexibility index (Phi) is 3.92. The van der Waals surface area contributed by atoms with Crippen LogP contribution in [0.3, 0.4) is 0 Å². The molecular formula is C16H22N2O2. The normalized spacial score (nSPS) is 26.2. The third kappa shape index (κ3) is 2.66. The number of likely N-dealkylation sites (tertiary alicyclic amines) is 1. The Labute approximate surface area is 120 Å². The fourth-order valence-corrected chi connectivity index (χ4v) is 3.38. The lowest BCUT2D eigenvalue weighted by Gasteiger charge is -2.44. The zero-order chi connectivity index (χ0) is 13.9. The maximum absolute atomic E-state index is 12.3. The van der Waals surface area contributed by atoms with E-state index in [-0.39, 0.29) is 0 Å². The SMILES string of the molecule is COc1ccc(CN2C(=O)CCC3CNCCC32)cc1. The van der Waals surface area contributed by atoms with E-state index in [4.69, 9.17) is 4.74 Å². The molecule has 1 aromatic carbocycles. The summed E-state index contributed by atoms with van der Waals surface area (Å²) in [6.07, 6.45) is 2.81. The molecule has 1 aromatic rings. The van der Waals surface area contributed by atoms with Crippen molar-refractivity contribution in [2.24, 2.45) is 5.92 Å². The molecule has 1 N–H and O–H groups in total. The number of hydrogen-bond acceptors (Lipinski definition) is 3. The van der Waals surface area contributed by atoms with Gasteiger partial charge in [0.15, 0.2) is 0 Å². The quantitative estimate of drug-likeness (QED) is 0.914. The number of carbonyl (C=O) groups is 1. The van der Waals surface area contributed by atoms with Crippen LogP contribution in [0.15, 0.2) is 24.3 Å². The summed E-state index contributed by atoms with van der Waals surface area (Å²) in [5, 5.41) is 3.44. The molecular weight excluding hydrogens is 252 g/mol. The minimum absolute atomic E-state index is 0.309. The summed E-state index contributed by atoms with van der Waals surface area (Å²) in [6.45, 7) is 2.80. The van der Waals surface area contributed by atoms with Crippen molar-refractivity contribution in [2.75, 3.05) is 20.2 Å². The van der Waals surface area contributed by atoms with Crippen LogP contribution in [0.2, 0.25) is 0 Å². The summed E-state index contributed by atoms with van der Waals surface area (Å²) in [6, 6.07) is 8.45. The second kappa shape index (κ2) is 5.83. The summed E-state index contributed by atoms with van der Waals surface area (Å²) in [5.41, 5.74) is 1.18. The van der Waals surface area contributed by atoms with Crippen molar-refractivity contribution in [3.63, 3.8) is 0 Å². The Balaban J connectivity index is 1.74. The van der Waals surface area contributed by atoms with E-state index in [1.807, 2.05) is 12.1 Å². The number of carbonyl (C=O) groups excluding carboxylic acids is 1. The van der Waals surface area contributed by atoms with Crippen molar-refractivity contribution in [2.45, 2.75) is 31.8 Å². The van der Waals surface area contributed by atoms with E-state index in [0.29, 0.717) is 24.3 Å². The summed E-state index contributed by atoms with van der Waals surface area (Å²) in [5.74, 6) is 1.79. The van der Waals surface area contributed by atoms with E-state index in [0.717, 1.165) is 38.2 Å². The molecule has 0 aliphatic carbocycles. The van der Waals surface area contributed by atoms with Gasteiger partial charge in [0, 0.05) is 19.0 Å². The Morgan fingerprint density at radius 3 is 2.85 bits per heavy atom. The summed E-state index contributed by atoms with van der Waals surface area (Å²) in [4.78, 5) is 14.4. The number of ether oxygens (including phenoxy) is 1. The van der Waals surface area contributed by atoms with Crippen LogP contribution in [0.1, 0.15) is 24.8 Å². The van der Waals surface area contributed by atoms with Crippen molar-refractivity contribution in [3.8, 4) is 5.75 Å². The van der Waals surface area contributed by atoms with Gasteiger partial charge in [-0.15, -0.1) is 0 Å². The number of hydrogen-bond donors (Lipinski definition) is 1. The molecule has 2 saturated heterocycles. The van der Waals surface area contributed by atoms with Gasteiger partial charge in [0.1, 0.15) is 5.75 Å². The highest BCUT2D eigenvalue weighted by atomic mass is 16.5. The average Bonchev–Trinajstić information content (AvgIpc) is 2.51. The number of nitrogens with zero attached hydrogens (tertiary/aromatic N) is 1. The van der Waals surface area contributed by atoms with Crippen LogP contribution >= 0.6 is 0 Å². The van der Waals surface area contributed by atoms with E-state index < -0.39 is 0 Å². The van der Waals surface area contributed by atoms with E-state index in [9.17, 15) is 4.79 Å².